The summed E-state index contributed by atoms with van der Waals surface area (Å²) in [6.45, 7) is 2.40. The number of pyridine rings is 1. The molecular formula is C29H30F3N3O5. The minimum Gasteiger partial charge on any atom is -0.444 e. The molecule has 1 unspecified atom stereocenters. The quantitative estimate of drug-likeness (QED) is 0.351. The second kappa shape index (κ2) is 13.6. The molecule has 0 saturated carbocycles. The number of alkyl halides is 3. The number of nitrogens with one attached hydrogen (secondary N) is 2. The van der Waals surface area contributed by atoms with Gasteiger partial charge in [-0.05, 0) is 35.1 Å². The molecule has 0 aliphatic heterocycles. The second-order valence-electron chi connectivity index (χ2n) is 9.59. The standard InChI is InChI=1S/C29H30F3N3O5/c1-19(2)26(24(36)15-29(30,31)32)34-25(37)17-35-16-22(13-20-9-5-3-6-10-20)14-23(27(35)38)33-28(39)40-18-21-11-7-4-8-12-21/h3-12,14,16,19,26H,13,15,17-18H2,1-2H3,(H,33,39)(H,34,37). The van der Waals surface area contributed by atoms with Gasteiger partial charge in [0.25, 0.3) is 5.56 Å². The molecule has 0 aliphatic carbocycles. The molecule has 212 valence electrons. The predicted molar refractivity (Wildman–Crippen MR) is 143 cm³/mol. The molecule has 0 radical (unpaired) electrons. The minimum atomic E-state index is -4.71. The molecule has 0 saturated heterocycles. The van der Waals surface area contributed by atoms with E-state index in [0.29, 0.717) is 12.0 Å². The number of carbonyl (C=O) groups excluding carboxylic acids is 3. The summed E-state index contributed by atoms with van der Waals surface area (Å²) in [4.78, 5) is 50.6. The number of ether oxygens (including phenoxy) is 1. The van der Waals surface area contributed by atoms with Gasteiger partial charge < -0.3 is 14.6 Å². The number of carbonyl (C=O) groups is 3. The molecule has 1 heterocycles. The maximum atomic E-state index is 13.2. The van der Waals surface area contributed by atoms with Crippen LogP contribution in [0.3, 0.4) is 0 Å². The van der Waals surface area contributed by atoms with E-state index in [4.69, 9.17) is 4.74 Å². The van der Waals surface area contributed by atoms with Crippen LogP contribution in [0.1, 0.15) is 37.0 Å². The van der Waals surface area contributed by atoms with Crippen molar-refractivity contribution in [2.24, 2.45) is 5.92 Å². The summed E-state index contributed by atoms with van der Waals surface area (Å²) in [5.74, 6) is -2.62. The van der Waals surface area contributed by atoms with Crippen molar-refractivity contribution in [3.8, 4) is 0 Å². The van der Waals surface area contributed by atoms with Gasteiger partial charge in [0, 0.05) is 6.20 Å². The number of Topliss-reactive ketones (excluding diaryl/α,β-unsaturated/α-hetero) is 1. The summed E-state index contributed by atoms with van der Waals surface area (Å²) >= 11 is 0. The van der Waals surface area contributed by atoms with E-state index in [1.165, 1.54) is 26.1 Å². The fraction of sp³-hybridized carbons (Fsp3) is 0.310. The van der Waals surface area contributed by atoms with Gasteiger partial charge in [0.2, 0.25) is 5.91 Å². The summed E-state index contributed by atoms with van der Waals surface area (Å²) in [6, 6.07) is 18.2. The molecule has 0 bridgehead atoms. The lowest BCUT2D eigenvalue weighted by molar-refractivity contribution is -0.155. The summed E-state index contributed by atoms with van der Waals surface area (Å²) < 4.78 is 44.5. The lowest BCUT2D eigenvalue weighted by atomic mass is 9.97. The highest BCUT2D eigenvalue weighted by Gasteiger charge is 2.36. The number of amides is 2. The Kier molecular flexibility index (Phi) is 10.2. The highest BCUT2D eigenvalue weighted by molar-refractivity contribution is 5.89. The van der Waals surface area contributed by atoms with E-state index >= 15 is 0 Å². The van der Waals surface area contributed by atoms with E-state index in [1.54, 1.807) is 24.3 Å². The fourth-order valence-corrected chi connectivity index (χ4v) is 4.00. The average Bonchev–Trinajstić information content (AvgIpc) is 2.88. The Hall–Kier alpha value is -4.41. The van der Waals surface area contributed by atoms with E-state index in [1.807, 2.05) is 36.4 Å². The number of hydrogen-bond acceptors (Lipinski definition) is 5. The molecule has 1 aromatic heterocycles. The third-order valence-corrected chi connectivity index (χ3v) is 5.86. The molecule has 1 atom stereocenters. The molecule has 40 heavy (non-hydrogen) atoms. The second-order valence-corrected chi connectivity index (χ2v) is 9.59. The van der Waals surface area contributed by atoms with Crippen LogP contribution in [-0.2, 0) is 33.9 Å². The molecule has 11 heteroatoms. The van der Waals surface area contributed by atoms with Gasteiger partial charge in [-0.2, -0.15) is 13.2 Å². The van der Waals surface area contributed by atoms with Crippen molar-refractivity contribution >= 4 is 23.5 Å². The number of ketones is 1. The van der Waals surface area contributed by atoms with Crippen LogP contribution in [0.15, 0.2) is 77.7 Å². The number of aromatic nitrogens is 1. The van der Waals surface area contributed by atoms with Gasteiger partial charge in [-0.25, -0.2) is 4.79 Å². The molecule has 0 spiro atoms. The van der Waals surface area contributed by atoms with Crippen molar-refractivity contribution in [2.75, 3.05) is 5.32 Å². The number of halogens is 3. The Morgan fingerprint density at radius 3 is 2.10 bits per heavy atom. The highest BCUT2D eigenvalue weighted by atomic mass is 19.4. The maximum Gasteiger partial charge on any atom is 0.412 e. The van der Waals surface area contributed by atoms with Gasteiger partial charge in [0.15, 0.2) is 5.78 Å². The number of rotatable bonds is 11. The van der Waals surface area contributed by atoms with Crippen LogP contribution >= 0.6 is 0 Å². The number of hydrogen-bond donors (Lipinski definition) is 2. The van der Waals surface area contributed by atoms with Crippen molar-refractivity contribution in [2.45, 2.75) is 52.1 Å². The Bertz CT molecular complexity index is 1370. The average molecular weight is 558 g/mol. The number of anilines is 1. The lowest BCUT2D eigenvalue weighted by Crippen LogP contribution is -2.47. The van der Waals surface area contributed by atoms with Gasteiger partial charge in [-0.3, -0.25) is 19.7 Å². The third kappa shape index (κ3) is 9.40. The first kappa shape index (κ1) is 30.1. The first-order valence-corrected chi connectivity index (χ1v) is 12.5. The maximum absolute atomic E-state index is 13.2. The van der Waals surface area contributed by atoms with Crippen LogP contribution in [0.25, 0.3) is 0 Å². The van der Waals surface area contributed by atoms with Crippen molar-refractivity contribution in [1.29, 1.82) is 0 Å². The van der Waals surface area contributed by atoms with E-state index in [0.717, 1.165) is 15.7 Å². The van der Waals surface area contributed by atoms with Crippen LogP contribution in [0.2, 0.25) is 0 Å². The number of benzene rings is 2. The van der Waals surface area contributed by atoms with E-state index in [2.05, 4.69) is 10.6 Å². The zero-order chi connectivity index (χ0) is 29.3. The van der Waals surface area contributed by atoms with Crippen molar-refractivity contribution in [3.05, 3.63) is 100.0 Å². The predicted octanol–water partition coefficient (Wildman–Crippen LogP) is 4.85. The molecular weight excluding hydrogens is 527 g/mol. The molecule has 3 aromatic rings. The van der Waals surface area contributed by atoms with Gasteiger partial charge >= 0.3 is 12.3 Å². The van der Waals surface area contributed by atoms with Crippen molar-refractivity contribution in [1.82, 2.24) is 9.88 Å². The van der Waals surface area contributed by atoms with Crippen LogP contribution in [0, 0.1) is 5.92 Å². The largest absolute Gasteiger partial charge is 0.444 e. The molecule has 8 nitrogen and oxygen atoms in total. The molecule has 2 N–H and O–H groups in total. The summed E-state index contributed by atoms with van der Waals surface area (Å²) in [5, 5.41) is 4.74. The minimum absolute atomic E-state index is 0.0322. The Morgan fingerprint density at radius 2 is 1.52 bits per heavy atom. The van der Waals surface area contributed by atoms with Crippen LogP contribution < -0.4 is 16.2 Å². The smallest absolute Gasteiger partial charge is 0.412 e. The Labute approximate surface area is 229 Å². The van der Waals surface area contributed by atoms with E-state index in [9.17, 15) is 32.3 Å². The Morgan fingerprint density at radius 1 is 0.925 bits per heavy atom. The van der Waals surface area contributed by atoms with E-state index < -0.39 is 54.4 Å². The molecule has 2 amide bonds. The van der Waals surface area contributed by atoms with Gasteiger partial charge in [-0.15, -0.1) is 0 Å². The molecule has 0 aliphatic rings. The van der Waals surface area contributed by atoms with Gasteiger partial charge in [0.05, 0.1) is 6.04 Å². The number of nitrogens with zero attached hydrogens (tertiary/aromatic N) is 1. The SMILES string of the molecule is CC(C)C(NC(=O)Cn1cc(Cc2ccccc2)cc(NC(=O)OCc2ccccc2)c1=O)C(=O)CC(F)(F)F. The monoisotopic (exact) mass is 557 g/mol. The Balaban J connectivity index is 1.82. The van der Waals surface area contributed by atoms with Crippen molar-refractivity contribution in [3.63, 3.8) is 0 Å². The summed E-state index contributed by atoms with van der Waals surface area (Å²) in [7, 11) is 0. The highest BCUT2D eigenvalue weighted by Crippen LogP contribution is 2.22. The lowest BCUT2D eigenvalue weighted by Gasteiger charge is -2.22. The van der Waals surface area contributed by atoms with Gasteiger partial charge in [-0.1, -0.05) is 74.5 Å². The van der Waals surface area contributed by atoms with Crippen molar-refractivity contribution < 1.29 is 32.3 Å². The summed E-state index contributed by atoms with van der Waals surface area (Å²) in [6.07, 6.45) is -5.49. The topological polar surface area (TPSA) is 106 Å². The first-order chi connectivity index (χ1) is 18.9. The fourth-order valence-electron chi connectivity index (χ4n) is 4.00. The molecule has 2 aromatic carbocycles. The summed E-state index contributed by atoms with van der Waals surface area (Å²) in [5.41, 5.74) is 1.33. The van der Waals surface area contributed by atoms with Crippen LogP contribution in [0.5, 0.6) is 0 Å². The normalized spacial score (nSPS) is 12.1. The third-order valence-electron chi connectivity index (χ3n) is 5.86. The zero-order valence-electron chi connectivity index (χ0n) is 22.0. The molecule has 3 rings (SSSR count). The first-order valence-electron chi connectivity index (χ1n) is 12.5. The van der Waals surface area contributed by atoms with E-state index in [-0.39, 0.29) is 12.3 Å². The zero-order valence-corrected chi connectivity index (χ0v) is 22.0. The van der Waals surface area contributed by atoms with Crippen LogP contribution in [0.4, 0.5) is 23.7 Å². The van der Waals surface area contributed by atoms with Crippen LogP contribution in [-0.4, -0.2) is 34.6 Å². The molecule has 0 fully saturated rings. The van der Waals surface area contributed by atoms with Gasteiger partial charge in [0.1, 0.15) is 25.3 Å².